The Bertz CT molecular complexity index is 591. The number of aromatic nitrogens is 2. The molecule has 0 spiro atoms. The number of aromatic amines is 1. The zero-order chi connectivity index (χ0) is 13.9. The quantitative estimate of drug-likeness (QED) is 0.901. The Kier molecular flexibility index (Phi) is 3.69. The van der Waals surface area contributed by atoms with E-state index in [-0.39, 0.29) is 11.6 Å². The van der Waals surface area contributed by atoms with Crippen molar-refractivity contribution in [1.29, 1.82) is 0 Å². The van der Waals surface area contributed by atoms with E-state index in [9.17, 15) is 4.39 Å². The standard InChI is InChI=1S/C15H18FN3O/c1-20-14-5-4-10(7-12(14)16)13-9-18-15(19-13)8-11-3-2-6-17-11/h4-5,7,9,11,17H,2-3,6,8H2,1H3,(H,18,19). The van der Waals surface area contributed by atoms with Crippen molar-refractivity contribution in [2.75, 3.05) is 13.7 Å². The lowest BCUT2D eigenvalue weighted by molar-refractivity contribution is 0.386. The van der Waals surface area contributed by atoms with Crippen LogP contribution in [-0.2, 0) is 6.42 Å². The van der Waals surface area contributed by atoms with E-state index in [1.54, 1.807) is 12.3 Å². The molecule has 1 atom stereocenters. The molecule has 5 heteroatoms. The first-order chi connectivity index (χ1) is 9.76. The van der Waals surface area contributed by atoms with Gasteiger partial charge in [0.25, 0.3) is 0 Å². The van der Waals surface area contributed by atoms with Crippen molar-refractivity contribution in [3.8, 4) is 17.0 Å². The summed E-state index contributed by atoms with van der Waals surface area (Å²) in [6.07, 6.45) is 5.05. The molecule has 106 valence electrons. The maximum atomic E-state index is 13.7. The van der Waals surface area contributed by atoms with Crippen molar-refractivity contribution in [3.63, 3.8) is 0 Å². The summed E-state index contributed by atoms with van der Waals surface area (Å²) in [5, 5.41) is 3.44. The lowest BCUT2D eigenvalue weighted by atomic mass is 10.1. The molecule has 2 aromatic rings. The third-order valence-electron chi connectivity index (χ3n) is 3.69. The van der Waals surface area contributed by atoms with Crippen molar-refractivity contribution >= 4 is 0 Å². The molecule has 1 fully saturated rings. The summed E-state index contributed by atoms with van der Waals surface area (Å²) in [5.41, 5.74) is 1.61. The molecule has 1 aliphatic rings. The number of rotatable bonds is 4. The molecule has 2 heterocycles. The summed E-state index contributed by atoms with van der Waals surface area (Å²) in [4.78, 5) is 7.64. The number of benzene rings is 1. The third-order valence-corrected chi connectivity index (χ3v) is 3.69. The maximum Gasteiger partial charge on any atom is 0.165 e. The highest BCUT2D eigenvalue weighted by molar-refractivity contribution is 5.59. The van der Waals surface area contributed by atoms with E-state index in [4.69, 9.17) is 4.74 Å². The van der Waals surface area contributed by atoms with Crippen LogP contribution in [0.25, 0.3) is 11.3 Å². The topological polar surface area (TPSA) is 49.9 Å². The lowest BCUT2D eigenvalue weighted by Crippen LogP contribution is -2.24. The third kappa shape index (κ3) is 2.67. The van der Waals surface area contributed by atoms with Gasteiger partial charge in [-0.1, -0.05) is 0 Å². The van der Waals surface area contributed by atoms with Gasteiger partial charge in [0.05, 0.1) is 19.0 Å². The van der Waals surface area contributed by atoms with Crippen LogP contribution in [0.15, 0.2) is 24.4 Å². The molecule has 2 N–H and O–H groups in total. The van der Waals surface area contributed by atoms with Gasteiger partial charge in [0.15, 0.2) is 11.6 Å². The van der Waals surface area contributed by atoms with E-state index >= 15 is 0 Å². The predicted octanol–water partition coefficient (Wildman–Crippen LogP) is 2.52. The SMILES string of the molecule is COc1ccc(-c2cnc(CC3CCCN3)[nH]2)cc1F. The van der Waals surface area contributed by atoms with E-state index in [0.29, 0.717) is 6.04 Å². The second-order valence-corrected chi connectivity index (χ2v) is 5.09. The Labute approximate surface area is 117 Å². The first kappa shape index (κ1) is 13.1. The Morgan fingerprint density at radius 2 is 2.35 bits per heavy atom. The van der Waals surface area contributed by atoms with Gasteiger partial charge in [-0.2, -0.15) is 0 Å². The van der Waals surface area contributed by atoms with Crippen LogP contribution in [0, 0.1) is 5.82 Å². The number of halogens is 1. The monoisotopic (exact) mass is 275 g/mol. The highest BCUT2D eigenvalue weighted by Gasteiger charge is 2.16. The summed E-state index contributed by atoms with van der Waals surface area (Å²) in [6, 6.07) is 5.42. The van der Waals surface area contributed by atoms with E-state index in [1.165, 1.54) is 26.0 Å². The Hall–Kier alpha value is -1.88. The molecule has 3 rings (SSSR count). The molecule has 0 bridgehead atoms. The lowest BCUT2D eigenvalue weighted by Gasteiger charge is -2.07. The molecule has 1 saturated heterocycles. The second-order valence-electron chi connectivity index (χ2n) is 5.09. The van der Waals surface area contributed by atoms with Crippen LogP contribution in [-0.4, -0.2) is 29.7 Å². The minimum atomic E-state index is -0.362. The zero-order valence-corrected chi connectivity index (χ0v) is 11.4. The number of methoxy groups -OCH3 is 1. The van der Waals surface area contributed by atoms with E-state index in [0.717, 1.165) is 30.0 Å². The van der Waals surface area contributed by atoms with Crippen LogP contribution in [0.2, 0.25) is 0 Å². The van der Waals surface area contributed by atoms with Crippen LogP contribution in [0.3, 0.4) is 0 Å². The second kappa shape index (κ2) is 5.63. The number of imidazole rings is 1. The summed E-state index contributed by atoms with van der Waals surface area (Å²) in [5.74, 6) is 0.831. The van der Waals surface area contributed by atoms with Gasteiger partial charge in [0.2, 0.25) is 0 Å². The van der Waals surface area contributed by atoms with Gasteiger partial charge in [-0.25, -0.2) is 9.37 Å². The van der Waals surface area contributed by atoms with Crippen molar-refractivity contribution in [3.05, 3.63) is 36.0 Å². The van der Waals surface area contributed by atoms with Gasteiger partial charge in [-0.05, 0) is 37.6 Å². The highest BCUT2D eigenvalue weighted by Crippen LogP contribution is 2.24. The zero-order valence-electron chi connectivity index (χ0n) is 11.4. The molecule has 0 amide bonds. The smallest absolute Gasteiger partial charge is 0.165 e. The number of hydrogen-bond acceptors (Lipinski definition) is 3. The molecular weight excluding hydrogens is 257 g/mol. The summed E-state index contributed by atoms with van der Waals surface area (Å²) >= 11 is 0. The minimum Gasteiger partial charge on any atom is -0.494 e. The Morgan fingerprint density at radius 3 is 3.05 bits per heavy atom. The molecule has 1 unspecified atom stereocenters. The molecule has 0 radical (unpaired) electrons. The van der Waals surface area contributed by atoms with Gasteiger partial charge >= 0.3 is 0 Å². The number of nitrogens with zero attached hydrogens (tertiary/aromatic N) is 1. The fourth-order valence-corrected chi connectivity index (χ4v) is 2.61. The number of H-pyrrole nitrogens is 1. The first-order valence-electron chi connectivity index (χ1n) is 6.87. The predicted molar refractivity (Wildman–Crippen MR) is 75.3 cm³/mol. The normalized spacial score (nSPS) is 18.4. The molecule has 20 heavy (non-hydrogen) atoms. The van der Waals surface area contributed by atoms with Crippen LogP contribution >= 0.6 is 0 Å². The van der Waals surface area contributed by atoms with Crippen LogP contribution < -0.4 is 10.1 Å². The van der Waals surface area contributed by atoms with Gasteiger partial charge in [-0.3, -0.25) is 0 Å². The number of hydrogen-bond donors (Lipinski definition) is 2. The van der Waals surface area contributed by atoms with Crippen LogP contribution in [0.1, 0.15) is 18.7 Å². The number of ether oxygens (including phenoxy) is 1. The Balaban J connectivity index is 1.77. The van der Waals surface area contributed by atoms with Gasteiger partial charge in [0, 0.05) is 18.0 Å². The van der Waals surface area contributed by atoms with Crippen molar-refractivity contribution in [2.45, 2.75) is 25.3 Å². The van der Waals surface area contributed by atoms with Crippen molar-refractivity contribution in [2.24, 2.45) is 0 Å². The van der Waals surface area contributed by atoms with Crippen LogP contribution in [0.5, 0.6) is 5.75 Å². The average Bonchev–Trinajstić information content (AvgIpc) is 3.11. The van der Waals surface area contributed by atoms with Gasteiger partial charge in [0.1, 0.15) is 5.82 Å². The molecule has 0 saturated carbocycles. The molecule has 1 aliphatic heterocycles. The molecular formula is C15H18FN3O. The summed E-state index contributed by atoms with van der Waals surface area (Å²) < 4.78 is 18.6. The first-order valence-corrected chi connectivity index (χ1v) is 6.87. The van der Waals surface area contributed by atoms with Crippen LogP contribution in [0.4, 0.5) is 4.39 Å². The van der Waals surface area contributed by atoms with Crippen molar-refractivity contribution < 1.29 is 9.13 Å². The van der Waals surface area contributed by atoms with Gasteiger partial charge < -0.3 is 15.0 Å². The number of nitrogens with one attached hydrogen (secondary N) is 2. The minimum absolute atomic E-state index is 0.253. The van der Waals surface area contributed by atoms with E-state index in [1.807, 2.05) is 6.07 Å². The largest absolute Gasteiger partial charge is 0.494 e. The Morgan fingerprint density at radius 1 is 1.45 bits per heavy atom. The van der Waals surface area contributed by atoms with Gasteiger partial charge in [-0.15, -0.1) is 0 Å². The fraction of sp³-hybridized carbons (Fsp3) is 0.400. The highest BCUT2D eigenvalue weighted by atomic mass is 19.1. The summed E-state index contributed by atoms with van der Waals surface area (Å²) in [7, 11) is 1.46. The van der Waals surface area contributed by atoms with E-state index in [2.05, 4.69) is 15.3 Å². The molecule has 4 nitrogen and oxygen atoms in total. The molecule has 1 aromatic heterocycles. The van der Waals surface area contributed by atoms with Crippen molar-refractivity contribution in [1.82, 2.24) is 15.3 Å². The molecule has 1 aromatic carbocycles. The average molecular weight is 275 g/mol. The van der Waals surface area contributed by atoms with E-state index < -0.39 is 0 Å². The molecule has 0 aliphatic carbocycles. The fourth-order valence-electron chi connectivity index (χ4n) is 2.61. The summed E-state index contributed by atoms with van der Waals surface area (Å²) in [6.45, 7) is 1.09. The maximum absolute atomic E-state index is 13.7.